The normalized spacial score (nSPS) is 12.4. The van der Waals surface area contributed by atoms with Crippen LogP contribution >= 0.6 is 0 Å². The van der Waals surface area contributed by atoms with Gasteiger partial charge in [0.05, 0.1) is 20.7 Å². The quantitative estimate of drug-likeness (QED) is 0.160. The van der Waals surface area contributed by atoms with Gasteiger partial charge in [-0.05, 0) is 20.3 Å². The molecular formula is C26H53NO3. The van der Waals surface area contributed by atoms with Gasteiger partial charge >= 0.3 is 0 Å². The number of quaternary nitrogens is 1. The Morgan fingerprint density at radius 2 is 1.07 bits per heavy atom. The van der Waals surface area contributed by atoms with Gasteiger partial charge in [0.25, 0.3) is 0 Å². The Morgan fingerprint density at radius 3 is 1.43 bits per heavy atom. The fourth-order valence-corrected chi connectivity index (χ4v) is 3.67. The number of hydrogen-bond acceptors (Lipinski definition) is 3. The van der Waals surface area contributed by atoms with E-state index in [0.29, 0.717) is 17.6 Å². The van der Waals surface area contributed by atoms with Crippen LogP contribution in [0.5, 0.6) is 0 Å². The van der Waals surface area contributed by atoms with E-state index in [1.165, 1.54) is 96.3 Å². The van der Waals surface area contributed by atoms with E-state index in [1.807, 2.05) is 14.1 Å². The maximum absolute atomic E-state index is 11.3. The van der Waals surface area contributed by atoms with Crippen molar-refractivity contribution in [2.75, 3.05) is 33.9 Å². The molecule has 0 aromatic heterocycles. The van der Waals surface area contributed by atoms with Gasteiger partial charge < -0.3 is 19.1 Å². The maximum Gasteiger partial charge on any atom is 0.133 e. The molecule has 4 nitrogen and oxygen atoms in total. The lowest BCUT2D eigenvalue weighted by Crippen LogP contribution is -2.65. The van der Waals surface area contributed by atoms with Gasteiger partial charge in [0.15, 0.2) is 0 Å². The van der Waals surface area contributed by atoms with Crippen LogP contribution in [0.1, 0.15) is 124 Å². The number of nitrogens with zero attached hydrogens (tertiary/aromatic N) is 1. The monoisotopic (exact) mass is 427 g/mol. The zero-order valence-corrected chi connectivity index (χ0v) is 21.1. The van der Waals surface area contributed by atoms with Crippen molar-refractivity contribution < 1.29 is 19.1 Å². The van der Waals surface area contributed by atoms with Crippen molar-refractivity contribution >= 4 is 5.97 Å². The van der Waals surface area contributed by atoms with Crippen molar-refractivity contribution in [2.24, 2.45) is 0 Å². The molecule has 0 N–H and O–H groups in total. The van der Waals surface area contributed by atoms with Crippen LogP contribution in [0.3, 0.4) is 0 Å². The third kappa shape index (κ3) is 14.4. The number of aliphatic carboxylic acids is 1. The van der Waals surface area contributed by atoms with Crippen molar-refractivity contribution in [1.82, 2.24) is 0 Å². The van der Waals surface area contributed by atoms with Crippen LogP contribution in [0.4, 0.5) is 0 Å². The molecule has 0 heterocycles. The van der Waals surface area contributed by atoms with Crippen LogP contribution < -0.4 is 5.11 Å². The molecule has 0 aliphatic heterocycles. The predicted octanol–water partition coefficient (Wildman–Crippen LogP) is 5.87. The SMILES string of the molecule is CCCCCCCCCCCCCCCCCCOCC[N+](C)(C)C(C)(C)C(=O)[O-]. The highest BCUT2D eigenvalue weighted by Crippen LogP contribution is 2.19. The van der Waals surface area contributed by atoms with Gasteiger partial charge in [0, 0.05) is 6.61 Å². The average Bonchev–Trinajstić information content (AvgIpc) is 2.69. The lowest BCUT2D eigenvalue weighted by molar-refractivity contribution is -0.930. The first-order valence-corrected chi connectivity index (χ1v) is 12.9. The Bertz CT molecular complexity index is 407. The third-order valence-corrected chi connectivity index (χ3v) is 6.95. The molecule has 180 valence electrons. The number of ether oxygens (including phenoxy) is 1. The summed E-state index contributed by atoms with van der Waals surface area (Å²) in [7, 11) is 3.85. The summed E-state index contributed by atoms with van der Waals surface area (Å²) < 4.78 is 6.10. The lowest BCUT2D eigenvalue weighted by Gasteiger charge is -2.44. The van der Waals surface area contributed by atoms with E-state index in [4.69, 9.17) is 4.74 Å². The van der Waals surface area contributed by atoms with Crippen molar-refractivity contribution in [1.29, 1.82) is 0 Å². The van der Waals surface area contributed by atoms with E-state index in [-0.39, 0.29) is 0 Å². The molecule has 0 spiro atoms. The number of carbonyl (C=O) groups excluding carboxylic acids is 1. The molecule has 0 fully saturated rings. The Labute approximate surface area is 188 Å². The van der Waals surface area contributed by atoms with Crippen molar-refractivity contribution in [2.45, 2.75) is 129 Å². The zero-order valence-electron chi connectivity index (χ0n) is 21.1. The predicted molar refractivity (Wildman–Crippen MR) is 126 cm³/mol. The minimum Gasteiger partial charge on any atom is -0.544 e. The summed E-state index contributed by atoms with van der Waals surface area (Å²) in [6, 6.07) is 0. The van der Waals surface area contributed by atoms with Gasteiger partial charge in [-0.15, -0.1) is 0 Å². The third-order valence-electron chi connectivity index (χ3n) is 6.95. The zero-order chi connectivity index (χ0) is 22.7. The number of likely N-dealkylation sites (N-methyl/N-ethyl adjacent to an activating group) is 1. The Kier molecular flexibility index (Phi) is 17.6. The molecule has 0 rings (SSSR count). The van der Waals surface area contributed by atoms with Crippen molar-refractivity contribution in [3.8, 4) is 0 Å². The summed E-state index contributed by atoms with van der Waals surface area (Å²) in [4.78, 5) is 11.3. The summed E-state index contributed by atoms with van der Waals surface area (Å²) in [6.07, 6.45) is 22.0. The van der Waals surface area contributed by atoms with E-state index in [9.17, 15) is 9.90 Å². The fraction of sp³-hybridized carbons (Fsp3) is 0.962. The molecule has 0 aromatic carbocycles. The summed E-state index contributed by atoms with van der Waals surface area (Å²) in [6.45, 7) is 7.78. The number of hydrogen-bond donors (Lipinski definition) is 0. The van der Waals surface area contributed by atoms with Gasteiger partial charge in [-0.25, -0.2) is 0 Å². The van der Waals surface area contributed by atoms with Crippen LogP contribution in [0.25, 0.3) is 0 Å². The van der Waals surface area contributed by atoms with Gasteiger partial charge in [-0.2, -0.15) is 0 Å². The van der Waals surface area contributed by atoms with Gasteiger partial charge in [0.1, 0.15) is 18.1 Å². The Morgan fingerprint density at radius 1 is 0.700 bits per heavy atom. The van der Waals surface area contributed by atoms with Crippen molar-refractivity contribution in [3.05, 3.63) is 0 Å². The summed E-state index contributed by atoms with van der Waals surface area (Å²) >= 11 is 0. The van der Waals surface area contributed by atoms with Crippen LogP contribution in [-0.2, 0) is 9.53 Å². The highest BCUT2D eigenvalue weighted by Gasteiger charge is 2.37. The van der Waals surface area contributed by atoms with E-state index in [1.54, 1.807) is 13.8 Å². The second kappa shape index (κ2) is 18.0. The first-order valence-electron chi connectivity index (χ1n) is 12.9. The highest BCUT2D eigenvalue weighted by molar-refractivity contribution is 5.73. The van der Waals surface area contributed by atoms with Gasteiger partial charge in [-0.1, -0.05) is 103 Å². The van der Waals surface area contributed by atoms with Crippen LogP contribution in [0.2, 0.25) is 0 Å². The Balaban J connectivity index is 3.33. The number of carbonyl (C=O) groups is 1. The van der Waals surface area contributed by atoms with E-state index >= 15 is 0 Å². The minimum absolute atomic E-state index is 0.369. The molecule has 0 aromatic rings. The number of carboxylic acid groups (broad SMARTS) is 1. The molecule has 0 saturated heterocycles. The molecule has 0 aliphatic carbocycles. The highest BCUT2D eigenvalue weighted by atomic mass is 16.5. The fourth-order valence-electron chi connectivity index (χ4n) is 3.67. The summed E-state index contributed by atoms with van der Waals surface area (Å²) in [5.74, 6) is -1.01. The van der Waals surface area contributed by atoms with Crippen LogP contribution in [0, 0.1) is 0 Å². The number of rotatable bonds is 22. The van der Waals surface area contributed by atoms with Gasteiger partial charge in [-0.3, -0.25) is 0 Å². The molecule has 0 aliphatic rings. The molecule has 0 bridgehead atoms. The smallest absolute Gasteiger partial charge is 0.133 e. The van der Waals surface area contributed by atoms with Gasteiger partial charge in [0.2, 0.25) is 0 Å². The molecule has 0 atom stereocenters. The average molecular weight is 428 g/mol. The standard InChI is InChI=1S/C26H53NO3/c1-6-7-8-9-10-11-12-13-14-15-16-17-18-19-20-21-23-30-24-22-27(4,5)26(2,3)25(28)29/h6-24H2,1-5H3. The van der Waals surface area contributed by atoms with Crippen LogP contribution in [0.15, 0.2) is 0 Å². The first-order chi connectivity index (χ1) is 14.3. The molecular weight excluding hydrogens is 374 g/mol. The van der Waals surface area contributed by atoms with Crippen LogP contribution in [-0.4, -0.2) is 49.8 Å². The first kappa shape index (κ1) is 29.4. The largest absolute Gasteiger partial charge is 0.544 e. The molecule has 0 radical (unpaired) electrons. The molecule has 30 heavy (non-hydrogen) atoms. The second-order valence-electron chi connectivity index (χ2n) is 10.2. The number of carboxylic acids is 1. The molecule has 0 unspecified atom stereocenters. The summed E-state index contributed by atoms with van der Waals surface area (Å²) in [5.41, 5.74) is -0.905. The number of unbranched alkanes of at least 4 members (excludes halogenated alkanes) is 15. The van der Waals surface area contributed by atoms with E-state index < -0.39 is 11.5 Å². The lowest BCUT2D eigenvalue weighted by atomic mass is 10.0. The second-order valence-corrected chi connectivity index (χ2v) is 10.2. The summed E-state index contributed by atoms with van der Waals surface area (Å²) in [5, 5.41) is 11.3. The molecule has 0 amide bonds. The molecule has 0 saturated carbocycles. The van der Waals surface area contributed by atoms with E-state index in [2.05, 4.69) is 6.92 Å². The maximum atomic E-state index is 11.3. The topological polar surface area (TPSA) is 49.4 Å². The minimum atomic E-state index is -1.01. The van der Waals surface area contributed by atoms with Crippen molar-refractivity contribution in [3.63, 3.8) is 0 Å². The van der Waals surface area contributed by atoms with E-state index in [0.717, 1.165) is 13.0 Å². The molecule has 4 heteroatoms. The Hall–Kier alpha value is -0.610.